The summed E-state index contributed by atoms with van der Waals surface area (Å²) >= 11 is 3.16. The minimum atomic E-state index is -0.154. The molecule has 1 rings (SSSR count). The van der Waals surface area contributed by atoms with Crippen molar-refractivity contribution in [1.29, 1.82) is 0 Å². The summed E-state index contributed by atoms with van der Waals surface area (Å²) in [6.07, 6.45) is 1.76. The van der Waals surface area contributed by atoms with Gasteiger partial charge in [0, 0.05) is 19.5 Å². The van der Waals surface area contributed by atoms with Crippen LogP contribution in [0, 0.1) is 0 Å². The Morgan fingerprint density at radius 1 is 1.71 bits per heavy atom. The monoisotopic (exact) mass is 303 g/mol. The first-order valence-corrected chi connectivity index (χ1v) is 5.88. The molecule has 0 saturated heterocycles. The van der Waals surface area contributed by atoms with E-state index in [4.69, 9.17) is 15.4 Å². The molecule has 17 heavy (non-hydrogen) atoms. The van der Waals surface area contributed by atoms with Gasteiger partial charge in [-0.3, -0.25) is 4.79 Å². The zero-order valence-corrected chi connectivity index (χ0v) is 11.0. The van der Waals surface area contributed by atoms with E-state index in [-0.39, 0.29) is 11.7 Å². The molecular weight excluding hydrogens is 290 g/mol. The summed E-state index contributed by atoms with van der Waals surface area (Å²) in [7, 11) is 0. The van der Waals surface area contributed by atoms with E-state index in [0.29, 0.717) is 29.7 Å². The highest BCUT2D eigenvalue weighted by Crippen LogP contribution is 2.19. The van der Waals surface area contributed by atoms with Crippen molar-refractivity contribution in [1.82, 2.24) is 4.90 Å². The molecule has 0 atom stereocenters. The number of hydrogen-bond acceptors (Lipinski definition) is 4. The van der Waals surface area contributed by atoms with Gasteiger partial charge in [0.15, 0.2) is 4.67 Å². The molecule has 1 heterocycles. The summed E-state index contributed by atoms with van der Waals surface area (Å²) in [5.41, 5.74) is 5.82. The van der Waals surface area contributed by atoms with Crippen LogP contribution in [0.4, 0.5) is 0 Å². The molecule has 1 amide bonds. The minimum Gasteiger partial charge on any atom is -0.457 e. The molecule has 94 valence electrons. The number of nitrogens with zero attached hydrogens (tertiary/aromatic N) is 2. The van der Waals surface area contributed by atoms with Crippen LogP contribution in [-0.2, 0) is 0 Å². The van der Waals surface area contributed by atoms with Gasteiger partial charge in [-0.15, -0.1) is 0 Å². The Morgan fingerprint density at radius 3 is 2.88 bits per heavy atom. The van der Waals surface area contributed by atoms with E-state index >= 15 is 0 Å². The Morgan fingerprint density at radius 2 is 2.41 bits per heavy atom. The van der Waals surface area contributed by atoms with Crippen LogP contribution in [0.15, 0.2) is 26.6 Å². The summed E-state index contributed by atoms with van der Waals surface area (Å²) in [6.45, 7) is 2.79. The smallest absolute Gasteiger partial charge is 0.258 e. The third-order valence-corrected chi connectivity index (χ3v) is 2.90. The number of carbonyl (C=O) groups is 1. The van der Waals surface area contributed by atoms with E-state index in [1.165, 1.54) is 6.26 Å². The van der Waals surface area contributed by atoms with Crippen molar-refractivity contribution in [2.75, 3.05) is 13.1 Å². The first-order valence-electron chi connectivity index (χ1n) is 5.08. The first kappa shape index (κ1) is 13.6. The average Bonchev–Trinajstić information content (AvgIpc) is 2.75. The molecule has 1 aromatic heterocycles. The van der Waals surface area contributed by atoms with Crippen LogP contribution < -0.4 is 5.73 Å². The summed E-state index contributed by atoms with van der Waals surface area (Å²) < 4.78 is 5.41. The fraction of sp³-hybridized carbons (Fsp3) is 0.400. The number of nitrogens with two attached hydrogens (primary N) is 1. The Bertz CT molecular complexity index is 417. The Labute approximate surface area is 107 Å². The largest absolute Gasteiger partial charge is 0.457 e. The normalized spacial score (nSPS) is 11.5. The fourth-order valence-electron chi connectivity index (χ4n) is 1.32. The molecule has 7 heteroatoms. The van der Waals surface area contributed by atoms with Crippen molar-refractivity contribution >= 4 is 27.7 Å². The lowest BCUT2D eigenvalue weighted by Crippen LogP contribution is -2.33. The lowest BCUT2D eigenvalue weighted by molar-refractivity contribution is 0.0766. The lowest BCUT2D eigenvalue weighted by atomic mass is 10.2. The number of oxime groups is 1. The van der Waals surface area contributed by atoms with E-state index in [9.17, 15) is 4.79 Å². The maximum absolute atomic E-state index is 12.1. The van der Waals surface area contributed by atoms with Crippen LogP contribution in [-0.4, -0.2) is 34.9 Å². The number of hydrogen-bond donors (Lipinski definition) is 2. The molecule has 0 bridgehead atoms. The summed E-state index contributed by atoms with van der Waals surface area (Å²) in [4.78, 5) is 13.6. The molecule has 0 aromatic carbocycles. The third-order valence-electron chi connectivity index (χ3n) is 2.28. The summed E-state index contributed by atoms with van der Waals surface area (Å²) in [5.74, 6) is -0.0543. The summed E-state index contributed by atoms with van der Waals surface area (Å²) in [5, 5.41) is 11.3. The van der Waals surface area contributed by atoms with E-state index in [2.05, 4.69) is 21.1 Å². The highest BCUT2D eigenvalue weighted by atomic mass is 79.9. The van der Waals surface area contributed by atoms with Crippen LogP contribution in [0.3, 0.4) is 0 Å². The van der Waals surface area contributed by atoms with Crippen molar-refractivity contribution in [3.63, 3.8) is 0 Å². The number of halogens is 1. The first-order chi connectivity index (χ1) is 8.10. The van der Waals surface area contributed by atoms with E-state index in [0.717, 1.165) is 0 Å². The molecule has 0 aliphatic rings. The predicted octanol–water partition coefficient (Wildman–Crippen LogP) is 1.64. The molecule has 1 aromatic rings. The second-order valence-corrected chi connectivity index (χ2v) is 4.05. The zero-order chi connectivity index (χ0) is 12.8. The van der Waals surface area contributed by atoms with Gasteiger partial charge in [-0.05, 0) is 28.9 Å². The highest BCUT2D eigenvalue weighted by molar-refractivity contribution is 9.10. The average molecular weight is 304 g/mol. The van der Waals surface area contributed by atoms with E-state index < -0.39 is 0 Å². The molecule has 0 radical (unpaired) electrons. The van der Waals surface area contributed by atoms with Gasteiger partial charge in [0.05, 0.1) is 11.8 Å². The van der Waals surface area contributed by atoms with Gasteiger partial charge in [-0.2, -0.15) is 0 Å². The molecule has 0 aliphatic carbocycles. The van der Waals surface area contributed by atoms with Gasteiger partial charge in [-0.25, -0.2) is 0 Å². The van der Waals surface area contributed by atoms with Gasteiger partial charge in [0.2, 0.25) is 0 Å². The Hall–Kier alpha value is -1.50. The fourth-order valence-corrected chi connectivity index (χ4v) is 1.73. The van der Waals surface area contributed by atoms with Crippen molar-refractivity contribution in [3.05, 3.63) is 22.6 Å². The second-order valence-electron chi connectivity index (χ2n) is 3.33. The number of furan rings is 1. The lowest BCUT2D eigenvalue weighted by Gasteiger charge is -2.19. The van der Waals surface area contributed by atoms with Gasteiger partial charge in [-0.1, -0.05) is 5.16 Å². The quantitative estimate of drug-likeness (QED) is 0.374. The van der Waals surface area contributed by atoms with Gasteiger partial charge in [0.1, 0.15) is 5.84 Å². The molecule has 0 unspecified atom stereocenters. The van der Waals surface area contributed by atoms with Crippen LogP contribution in [0.2, 0.25) is 0 Å². The molecule has 0 saturated carbocycles. The van der Waals surface area contributed by atoms with Gasteiger partial charge < -0.3 is 20.3 Å². The molecule has 0 spiro atoms. The number of amidine groups is 1. The summed E-state index contributed by atoms with van der Waals surface area (Å²) in [6, 6.07) is 1.60. The van der Waals surface area contributed by atoms with Crippen LogP contribution >= 0.6 is 15.9 Å². The van der Waals surface area contributed by atoms with Crippen LogP contribution in [0.5, 0.6) is 0 Å². The third kappa shape index (κ3) is 3.48. The molecule has 6 nitrogen and oxygen atoms in total. The van der Waals surface area contributed by atoms with Crippen molar-refractivity contribution in [2.24, 2.45) is 10.9 Å². The van der Waals surface area contributed by atoms with E-state index in [1.807, 2.05) is 6.92 Å². The SMILES string of the molecule is CCN(CC/C(N)=N/O)C(=O)c1ccoc1Br. The van der Waals surface area contributed by atoms with Crippen molar-refractivity contribution in [2.45, 2.75) is 13.3 Å². The maximum Gasteiger partial charge on any atom is 0.258 e. The standard InChI is InChI=1S/C10H14BrN3O3/c1-2-14(5-3-8(12)13-16)10(15)7-4-6-17-9(7)11/h4,6,16H,2-3,5H2,1H3,(H2,12,13). The van der Waals surface area contributed by atoms with Crippen molar-refractivity contribution < 1.29 is 14.4 Å². The predicted molar refractivity (Wildman–Crippen MR) is 66.0 cm³/mol. The van der Waals surface area contributed by atoms with Crippen LogP contribution in [0.25, 0.3) is 0 Å². The Kier molecular flexibility index (Phi) is 5.02. The number of carbonyl (C=O) groups excluding carboxylic acids is 1. The van der Waals surface area contributed by atoms with Gasteiger partial charge in [0.25, 0.3) is 5.91 Å². The van der Waals surface area contributed by atoms with Gasteiger partial charge >= 0.3 is 0 Å². The highest BCUT2D eigenvalue weighted by Gasteiger charge is 2.18. The van der Waals surface area contributed by atoms with Crippen LogP contribution in [0.1, 0.15) is 23.7 Å². The topological polar surface area (TPSA) is 92.1 Å². The van der Waals surface area contributed by atoms with E-state index in [1.54, 1.807) is 11.0 Å². The molecule has 3 N–H and O–H groups in total. The number of amides is 1. The number of rotatable bonds is 5. The minimum absolute atomic E-state index is 0.0995. The molecule has 0 fully saturated rings. The second kappa shape index (κ2) is 6.29. The molecular formula is C10H14BrN3O3. The zero-order valence-electron chi connectivity index (χ0n) is 9.39. The maximum atomic E-state index is 12.1. The molecule has 0 aliphatic heterocycles. The van der Waals surface area contributed by atoms with Crippen molar-refractivity contribution in [3.8, 4) is 0 Å². The Balaban J connectivity index is 2.68.